The highest BCUT2D eigenvalue weighted by molar-refractivity contribution is 5.87. The van der Waals surface area contributed by atoms with E-state index in [0.717, 1.165) is 6.42 Å². The van der Waals surface area contributed by atoms with Gasteiger partial charge in [0.25, 0.3) is 0 Å². The number of ether oxygens (including phenoxy) is 1. The van der Waals surface area contributed by atoms with Gasteiger partial charge < -0.3 is 15.2 Å². The van der Waals surface area contributed by atoms with Crippen molar-refractivity contribution in [3.05, 3.63) is 24.3 Å². The Morgan fingerprint density at radius 3 is 2.87 bits per heavy atom. The molecule has 0 aromatic carbocycles. The molecule has 0 aliphatic heterocycles. The first-order valence-electron chi connectivity index (χ1n) is 5.07. The third-order valence-electron chi connectivity index (χ3n) is 1.55. The molecule has 4 nitrogen and oxygen atoms in total. The van der Waals surface area contributed by atoms with Crippen molar-refractivity contribution in [3.63, 3.8) is 0 Å². The zero-order valence-electron chi connectivity index (χ0n) is 9.11. The van der Waals surface area contributed by atoms with Crippen molar-refractivity contribution in [2.75, 3.05) is 26.4 Å². The van der Waals surface area contributed by atoms with Gasteiger partial charge in [-0.3, -0.25) is 4.79 Å². The van der Waals surface area contributed by atoms with Crippen molar-refractivity contribution in [1.82, 2.24) is 5.32 Å². The Kier molecular flexibility index (Phi) is 10.1. The second-order valence-electron chi connectivity index (χ2n) is 2.87. The number of carbonyl (C=O) groups excluding carboxylic acids is 1. The summed E-state index contributed by atoms with van der Waals surface area (Å²) in [7, 11) is 0. The van der Waals surface area contributed by atoms with E-state index in [1.165, 1.54) is 6.08 Å². The number of allylic oxidation sites excluding steroid dienone is 3. The van der Waals surface area contributed by atoms with Crippen molar-refractivity contribution in [1.29, 1.82) is 0 Å². The first-order chi connectivity index (χ1) is 7.31. The molecule has 4 heteroatoms. The lowest BCUT2D eigenvalue weighted by molar-refractivity contribution is -0.116. The summed E-state index contributed by atoms with van der Waals surface area (Å²) in [5.41, 5.74) is 0. The molecular formula is C11H19NO3. The number of aliphatic hydroxyl groups excluding tert-OH is 1. The van der Waals surface area contributed by atoms with Crippen LogP contribution in [0.5, 0.6) is 0 Å². The lowest BCUT2D eigenvalue weighted by Gasteiger charge is -2.02. The van der Waals surface area contributed by atoms with Crippen LogP contribution in [0.4, 0.5) is 0 Å². The molecule has 0 heterocycles. The van der Waals surface area contributed by atoms with E-state index in [2.05, 4.69) is 5.32 Å². The maximum atomic E-state index is 11.1. The number of hydrogen-bond acceptors (Lipinski definition) is 3. The van der Waals surface area contributed by atoms with Gasteiger partial charge in [-0.2, -0.15) is 0 Å². The average molecular weight is 213 g/mol. The molecule has 0 radical (unpaired) electrons. The summed E-state index contributed by atoms with van der Waals surface area (Å²) in [6.45, 7) is 3.43. The Morgan fingerprint density at radius 1 is 1.40 bits per heavy atom. The lowest BCUT2D eigenvalue weighted by Crippen LogP contribution is -2.23. The molecule has 0 saturated heterocycles. The predicted octanol–water partition coefficient (Wildman–Crippen LogP) is 0.634. The van der Waals surface area contributed by atoms with Gasteiger partial charge >= 0.3 is 0 Å². The standard InChI is InChI=1S/C11H19NO3/c1-2-3-4-6-11(14)12-7-5-9-15-10-8-13/h2-4,6,13H,5,7-10H2,1H3,(H,12,14). The first-order valence-corrected chi connectivity index (χ1v) is 5.07. The molecule has 0 rings (SSSR count). The van der Waals surface area contributed by atoms with Crippen LogP contribution in [0.1, 0.15) is 13.3 Å². The van der Waals surface area contributed by atoms with Gasteiger partial charge in [0.15, 0.2) is 0 Å². The number of carbonyl (C=O) groups is 1. The van der Waals surface area contributed by atoms with Gasteiger partial charge in [-0.25, -0.2) is 0 Å². The van der Waals surface area contributed by atoms with Crippen molar-refractivity contribution >= 4 is 5.91 Å². The quantitative estimate of drug-likeness (QED) is 0.353. The molecule has 0 aliphatic rings. The Hall–Kier alpha value is -1.13. The summed E-state index contributed by atoms with van der Waals surface area (Å²) in [6, 6.07) is 0. The topological polar surface area (TPSA) is 58.6 Å². The van der Waals surface area contributed by atoms with E-state index in [4.69, 9.17) is 9.84 Å². The Bertz CT molecular complexity index is 212. The Labute approximate surface area is 90.6 Å². The van der Waals surface area contributed by atoms with Gasteiger partial charge in [0, 0.05) is 19.2 Å². The molecule has 1 amide bonds. The van der Waals surface area contributed by atoms with Crippen LogP contribution in [0.15, 0.2) is 24.3 Å². The summed E-state index contributed by atoms with van der Waals surface area (Å²) in [5.74, 6) is -0.102. The van der Waals surface area contributed by atoms with Gasteiger partial charge in [-0.1, -0.05) is 18.2 Å². The van der Waals surface area contributed by atoms with Crippen LogP contribution < -0.4 is 5.32 Å². The minimum absolute atomic E-state index is 0.0401. The van der Waals surface area contributed by atoms with E-state index in [-0.39, 0.29) is 12.5 Å². The number of rotatable bonds is 8. The molecule has 86 valence electrons. The number of nitrogens with one attached hydrogen (secondary N) is 1. The van der Waals surface area contributed by atoms with Crippen molar-refractivity contribution < 1.29 is 14.6 Å². The molecule has 0 unspecified atom stereocenters. The highest BCUT2D eigenvalue weighted by Gasteiger charge is 1.93. The number of hydrogen-bond donors (Lipinski definition) is 2. The van der Waals surface area contributed by atoms with Gasteiger partial charge in [0.2, 0.25) is 5.91 Å². The van der Waals surface area contributed by atoms with Crippen LogP contribution in [0.3, 0.4) is 0 Å². The van der Waals surface area contributed by atoms with Crippen LogP contribution in [0.2, 0.25) is 0 Å². The summed E-state index contributed by atoms with van der Waals surface area (Å²) >= 11 is 0. The SMILES string of the molecule is CC=CC=CC(=O)NCCCOCCO. The molecular weight excluding hydrogens is 194 g/mol. The largest absolute Gasteiger partial charge is 0.394 e. The summed E-state index contributed by atoms with van der Waals surface area (Å²) in [6.07, 6.45) is 7.58. The minimum atomic E-state index is -0.102. The van der Waals surface area contributed by atoms with Crippen LogP contribution in [0.25, 0.3) is 0 Å². The molecule has 0 aromatic heterocycles. The summed E-state index contributed by atoms with van der Waals surface area (Å²) in [5, 5.41) is 11.1. The van der Waals surface area contributed by atoms with Crippen molar-refractivity contribution in [2.24, 2.45) is 0 Å². The molecule has 0 saturated carbocycles. The van der Waals surface area contributed by atoms with Crippen LogP contribution >= 0.6 is 0 Å². The molecule has 15 heavy (non-hydrogen) atoms. The van der Waals surface area contributed by atoms with Crippen molar-refractivity contribution in [2.45, 2.75) is 13.3 Å². The minimum Gasteiger partial charge on any atom is -0.394 e. The van der Waals surface area contributed by atoms with E-state index in [9.17, 15) is 4.79 Å². The van der Waals surface area contributed by atoms with E-state index in [1.807, 2.05) is 13.0 Å². The zero-order chi connectivity index (χ0) is 11.4. The van der Waals surface area contributed by atoms with E-state index in [0.29, 0.717) is 19.8 Å². The van der Waals surface area contributed by atoms with E-state index >= 15 is 0 Å². The second kappa shape index (κ2) is 10.9. The maximum absolute atomic E-state index is 11.1. The third kappa shape index (κ3) is 10.8. The van der Waals surface area contributed by atoms with E-state index < -0.39 is 0 Å². The maximum Gasteiger partial charge on any atom is 0.243 e. The molecule has 0 aromatic rings. The van der Waals surface area contributed by atoms with Crippen LogP contribution in [-0.2, 0) is 9.53 Å². The monoisotopic (exact) mass is 213 g/mol. The smallest absolute Gasteiger partial charge is 0.243 e. The fourth-order valence-electron chi connectivity index (χ4n) is 0.865. The molecule has 0 spiro atoms. The van der Waals surface area contributed by atoms with Gasteiger partial charge in [-0.05, 0) is 13.3 Å². The fourth-order valence-corrected chi connectivity index (χ4v) is 0.865. The van der Waals surface area contributed by atoms with Crippen molar-refractivity contribution in [3.8, 4) is 0 Å². The van der Waals surface area contributed by atoms with Gasteiger partial charge in [0.1, 0.15) is 0 Å². The summed E-state index contributed by atoms with van der Waals surface area (Å²) < 4.78 is 5.03. The third-order valence-corrected chi connectivity index (χ3v) is 1.55. The van der Waals surface area contributed by atoms with Crippen LogP contribution in [-0.4, -0.2) is 37.4 Å². The molecule has 0 aliphatic carbocycles. The predicted molar refractivity (Wildman–Crippen MR) is 59.5 cm³/mol. The van der Waals surface area contributed by atoms with Crippen LogP contribution in [0, 0.1) is 0 Å². The average Bonchev–Trinajstić information content (AvgIpc) is 2.23. The molecule has 0 bridgehead atoms. The molecule has 0 fully saturated rings. The highest BCUT2D eigenvalue weighted by Crippen LogP contribution is 1.82. The highest BCUT2D eigenvalue weighted by atomic mass is 16.5. The Morgan fingerprint density at radius 2 is 2.20 bits per heavy atom. The Balaban J connectivity index is 3.31. The normalized spacial score (nSPS) is 11.3. The molecule has 2 N–H and O–H groups in total. The first kappa shape index (κ1) is 13.9. The second-order valence-corrected chi connectivity index (χ2v) is 2.87. The number of amides is 1. The van der Waals surface area contributed by atoms with E-state index in [1.54, 1.807) is 12.2 Å². The van der Waals surface area contributed by atoms with Gasteiger partial charge in [0.05, 0.1) is 13.2 Å². The lowest BCUT2D eigenvalue weighted by atomic mass is 10.4. The molecule has 0 atom stereocenters. The fraction of sp³-hybridized carbons (Fsp3) is 0.545. The number of aliphatic hydroxyl groups is 1. The summed E-state index contributed by atoms with van der Waals surface area (Å²) in [4.78, 5) is 11.1. The zero-order valence-corrected chi connectivity index (χ0v) is 9.11. The van der Waals surface area contributed by atoms with Gasteiger partial charge in [-0.15, -0.1) is 0 Å².